The van der Waals surface area contributed by atoms with Crippen LogP contribution in [0.2, 0.25) is 0 Å². The Hall–Kier alpha value is -1.81. The zero-order valence-corrected chi connectivity index (χ0v) is 11.8. The Kier molecular flexibility index (Phi) is 3.49. The second kappa shape index (κ2) is 5.29. The van der Waals surface area contributed by atoms with E-state index in [1.165, 1.54) is 23.1 Å². The number of amides is 1. The lowest BCUT2D eigenvalue weighted by molar-refractivity contribution is 0.0955. The highest BCUT2D eigenvalue weighted by Crippen LogP contribution is 2.32. The summed E-state index contributed by atoms with van der Waals surface area (Å²) in [6, 6.07) is 5.89. The monoisotopic (exact) mass is 271 g/mol. The second-order valence-corrected chi connectivity index (χ2v) is 5.74. The highest BCUT2D eigenvalue weighted by molar-refractivity contribution is 5.99. The number of rotatable bonds is 3. The van der Waals surface area contributed by atoms with Gasteiger partial charge in [-0.25, -0.2) is 0 Å². The Balaban J connectivity index is 1.98. The Morgan fingerprint density at radius 2 is 2.35 bits per heavy atom. The van der Waals surface area contributed by atoms with Gasteiger partial charge in [0.1, 0.15) is 0 Å². The normalized spacial score (nSPS) is 18.0. The van der Waals surface area contributed by atoms with Gasteiger partial charge in [-0.3, -0.25) is 4.79 Å². The molecule has 20 heavy (non-hydrogen) atoms. The number of nitrogens with two attached hydrogens (primary N) is 1. The lowest BCUT2D eigenvalue weighted by Crippen LogP contribution is -2.28. The van der Waals surface area contributed by atoms with Crippen molar-refractivity contribution in [3.8, 4) is 0 Å². The van der Waals surface area contributed by atoms with E-state index in [1.54, 1.807) is 0 Å². The van der Waals surface area contributed by atoms with Crippen LogP contribution in [0.1, 0.15) is 35.0 Å². The average Bonchev–Trinajstić information content (AvgIpc) is 2.82. The van der Waals surface area contributed by atoms with Crippen molar-refractivity contribution in [2.45, 2.75) is 26.2 Å². The van der Waals surface area contributed by atoms with E-state index in [1.807, 2.05) is 18.2 Å². The molecule has 4 heteroatoms. The van der Waals surface area contributed by atoms with E-state index < -0.39 is 0 Å². The van der Waals surface area contributed by atoms with Crippen LogP contribution in [0.4, 0.5) is 0 Å². The number of carbonyl (C=O) groups is 1. The SMILES string of the molecule is CC1CCc2[nH]c3ccc(C(=O)NCCN)cc3c2C1. The number of nitrogens with one attached hydrogen (secondary N) is 2. The summed E-state index contributed by atoms with van der Waals surface area (Å²) in [7, 11) is 0. The van der Waals surface area contributed by atoms with Crippen LogP contribution < -0.4 is 11.1 Å². The number of aromatic nitrogens is 1. The predicted molar refractivity (Wildman–Crippen MR) is 80.9 cm³/mol. The van der Waals surface area contributed by atoms with Crippen molar-refractivity contribution in [1.29, 1.82) is 0 Å². The van der Waals surface area contributed by atoms with Gasteiger partial charge in [0.2, 0.25) is 0 Å². The van der Waals surface area contributed by atoms with Gasteiger partial charge < -0.3 is 16.0 Å². The van der Waals surface area contributed by atoms with Crippen molar-refractivity contribution in [2.24, 2.45) is 11.7 Å². The van der Waals surface area contributed by atoms with Gasteiger partial charge in [-0.2, -0.15) is 0 Å². The van der Waals surface area contributed by atoms with Crippen LogP contribution >= 0.6 is 0 Å². The van der Waals surface area contributed by atoms with Crippen LogP contribution in [0.3, 0.4) is 0 Å². The lowest BCUT2D eigenvalue weighted by atomic mass is 9.87. The Morgan fingerprint density at radius 3 is 3.15 bits per heavy atom. The van der Waals surface area contributed by atoms with Gasteiger partial charge in [-0.15, -0.1) is 0 Å². The number of carbonyl (C=O) groups excluding carboxylic acids is 1. The van der Waals surface area contributed by atoms with Gasteiger partial charge in [-0.05, 0) is 48.9 Å². The van der Waals surface area contributed by atoms with Crippen LogP contribution in [0.25, 0.3) is 10.9 Å². The molecule has 1 atom stereocenters. The van der Waals surface area contributed by atoms with Crippen LogP contribution in [-0.4, -0.2) is 24.0 Å². The number of aromatic amines is 1. The molecule has 0 radical (unpaired) electrons. The lowest BCUT2D eigenvalue weighted by Gasteiger charge is -2.18. The van der Waals surface area contributed by atoms with Gasteiger partial charge in [-0.1, -0.05) is 6.92 Å². The molecule has 4 N–H and O–H groups in total. The van der Waals surface area contributed by atoms with Gasteiger partial charge in [0.25, 0.3) is 5.91 Å². The Bertz CT molecular complexity index is 644. The van der Waals surface area contributed by atoms with Gasteiger partial charge in [0.15, 0.2) is 0 Å². The molecule has 1 aliphatic rings. The zero-order valence-electron chi connectivity index (χ0n) is 11.8. The molecule has 3 rings (SSSR count). The molecule has 0 spiro atoms. The third kappa shape index (κ3) is 2.31. The summed E-state index contributed by atoms with van der Waals surface area (Å²) in [5.74, 6) is 0.674. The molecule has 106 valence electrons. The number of fused-ring (bicyclic) bond motifs is 3. The molecular weight excluding hydrogens is 250 g/mol. The molecule has 0 bridgehead atoms. The Labute approximate surface area is 118 Å². The second-order valence-electron chi connectivity index (χ2n) is 5.74. The molecule has 0 aliphatic heterocycles. The maximum atomic E-state index is 12.0. The summed E-state index contributed by atoms with van der Waals surface area (Å²) in [6.07, 6.45) is 3.45. The number of benzene rings is 1. The summed E-state index contributed by atoms with van der Waals surface area (Å²) in [4.78, 5) is 15.5. The summed E-state index contributed by atoms with van der Waals surface area (Å²) in [5.41, 5.74) is 10.0. The van der Waals surface area contributed by atoms with Crippen molar-refractivity contribution in [3.63, 3.8) is 0 Å². The molecule has 0 saturated heterocycles. The first-order chi connectivity index (χ1) is 9.69. The predicted octanol–water partition coefficient (Wildman–Crippen LogP) is 1.98. The maximum Gasteiger partial charge on any atom is 0.251 e. The van der Waals surface area contributed by atoms with Gasteiger partial charge >= 0.3 is 0 Å². The van der Waals surface area contributed by atoms with Crippen molar-refractivity contribution in [1.82, 2.24) is 10.3 Å². The van der Waals surface area contributed by atoms with E-state index in [0.29, 0.717) is 18.7 Å². The molecule has 0 saturated carbocycles. The minimum atomic E-state index is -0.0452. The fraction of sp³-hybridized carbons (Fsp3) is 0.438. The highest BCUT2D eigenvalue weighted by Gasteiger charge is 2.20. The third-order valence-corrected chi connectivity index (χ3v) is 4.13. The first-order valence-electron chi connectivity index (χ1n) is 7.30. The van der Waals surface area contributed by atoms with Gasteiger partial charge in [0.05, 0.1) is 0 Å². The molecule has 1 aliphatic carbocycles. The van der Waals surface area contributed by atoms with Crippen molar-refractivity contribution < 1.29 is 4.79 Å². The minimum absolute atomic E-state index is 0.0452. The van der Waals surface area contributed by atoms with Crippen molar-refractivity contribution in [3.05, 3.63) is 35.0 Å². The van der Waals surface area contributed by atoms with E-state index in [9.17, 15) is 4.79 Å². The molecule has 1 unspecified atom stereocenters. The Morgan fingerprint density at radius 1 is 1.50 bits per heavy atom. The fourth-order valence-corrected chi connectivity index (χ4v) is 3.02. The molecule has 1 amide bonds. The zero-order chi connectivity index (χ0) is 14.1. The van der Waals surface area contributed by atoms with E-state index in [4.69, 9.17) is 5.73 Å². The average molecular weight is 271 g/mol. The summed E-state index contributed by atoms with van der Waals surface area (Å²) in [5, 5.41) is 4.02. The van der Waals surface area contributed by atoms with Crippen LogP contribution in [0.5, 0.6) is 0 Å². The van der Waals surface area contributed by atoms with Crippen LogP contribution in [0.15, 0.2) is 18.2 Å². The molecule has 2 aromatic rings. The van der Waals surface area contributed by atoms with Crippen LogP contribution in [-0.2, 0) is 12.8 Å². The largest absolute Gasteiger partial charge is 0.358 e. The van der Waals surface area contributed by atoms with Crippen molar-refractivity contribution in [2.75, 3.05) is 13.1 Å². The number of hydrogen-bond donors (Lipinski definition) is 3. The number of H-pyrrole nitrogens is 1. The first-order valence-corrected chi connectivity index (χ1v) is 7.30. The van der Waals surface area contributed by atoms with E-state index in [0.717, 1.165) is 24.3 Å². The quantitative estimate of drug-likeness (QED) is 0.799. The van der Waals surface area contributed by atoms with Gasteiger partial charge in [0, 0.05) is 35.2 Å². The van der Waals surface area contributed by atoms with Crippen LogP contribution in [0, 0.1) is 5.92 Å². The van der Waals surface area contributed by atoms with E-state index >= 15 is 0 Å². The molecule has 4 nitrogen and oxygen atoms in total. The first kappa shape index (κ1) is 13.2. The molecule has 1 heterocycles. The fourth-order valence-electron chi connectivity index (χ4n) is 3.02. The summed E-state index contributed by atoms with van der Waals surface area (Å²) in [6.45, 7) is 3.27. The molecular formula is C16H21N3O. The van der Waals surface area contributed by atoms with E-state index in [-0.39, 0.29) is 5.91 Å². The number of aryl methyl sites for hydroxylation is 1. The molecule has 1 aromatic carbocycles. The topological polar surface area (TPSA) is 70.9 Å². The highest BCUT2D eigenvalue weighted by atomic mass is 16.1. The number of hydrogen-bond acceptors (Lipinski definition) is 2. The standard InChI is InChI=1S/C16H21N3O/c1-10-2-4-14-12(8-10)13-9-11(3-5-15(13)19-14)16(20)18-7-6-17/h3,5,9-10,19H,2,4,6-8,17H2,1H3,(H,18,20). The maximum absolute atomic E-state index is 12.0. The summed E-state index contributed by atoms with van der Waals surface area (Å²) < 4.78 is 0. The third-order valence-electron chi connectivity index (χ3n) is 4.13. The van der Waals surface area contributed by atoms with Crippen molar-refractivity contribution >= 4 is 16.8 Å². The molecule has 0 fully saturated rings. The smallest absolute Gasteiger partial charge is 0.251 e. The summed E-state index contributed by atoms with van der Waals surface area (Å²) >= 11 is 0. The minimum Gasteiger partial charge on any atom is -0.358 e. The molecule has 1 aromatic heterocycles. The van der Waals surface area contributed by atoms with E-state index in [2.05, 4.69) is 17.2 Å².